The molecule has 308 valence electrons. The molecule has 4 heterocycles. The van der Waals surface area contributed by atoms with Crippen LogP contribution in [0.1, 0.15) is 57.2 Å². The zero-order valence-corrected chi connectivity index (χ0v) is 29.7. The van der Waals surface area contributed by atoms with Gasteiger partial charge in [-0.2, -0.15) is 0 Å². The standard InChI is InChI=1S/2C18H16F3N3O5/c2*19-18(20,21)28-12-3-1-11(2-4-12)15-9-16(24-29-15)27-13-5-6-14(23-10-13)17(26)22-7-8-25/h2*1-6,10,15,25H,7-9H2,(H,22,26)/t2*15-/m10/s1. The minimum atomic E-state index is -4.75. The fourth-order valence-corrected chi connectivity index (χ4v) is 4.90. The number of halogens is 6. The number of aromatic nitrogens is 2. The number of oxime groups is 2. The van der Waals surface area contributed by atoms with Crippen LogP contribution >= 0.6 is 0 Å². The summed E-state index contributed by atoms with van der Waals surface area (Å²) in [5, 5.41) is 30.0. The smallest absolute Gasteiger partial charge is 0.438 e. The second-order valence-corrected chi connectivity index (χ2v) is 11.7. The average molecular weight is 823 g/mol. The highest BCUT2D eigenvalue weighted by Crippen LogP contribution is 2.32. The maximum absolute atomic E-state index is 12.2. The van der Waals surface area contributed by atoms with Crippen LogP contribution < -0.4 is 29.6 Å². The van der Waals surface area contributed by atoms with Gasteiger partial charge in [0, 0.05) is 13.1 Å². The lowest BCUT2D eigenvalue weighted by molar-refractivity contribution is -0.275. The van der Waals surface area contributed by atoms with Gasteiger partial charge in [-0.1, -0.05) is 34.6 Å². The van der Waals surface area contributed by atoms with E-state index in [1.807, 2.05) is 0 Å². The highest BCUT2D eigenvalue weighted by Gasteiger charge is 2.33. The summed E-state index contributed by atoms with van der Waals surface area (Å²) in [5.41, 5.74) is 1.54. The SMILES string of the molecule is O=C(NCCO)c1ccc(OC2=NO[C@@H](c3ccc(OC(F)(F)F)cc3)C2)cn1.O=C(NCCO)c1ccc(OC2=NO[C@H](c3ccc(OC(F)(F)F)cc3)C2)cn1. The van der Waals surface area contributed by atoms with Crippen molar-refractivity contribution < 1.29 is 74.8 Å². The molecule has 4 aromatic rings. The Bertz CT molecular complexity index is 1890. The van der Waals surface area contributed by atoms with Crippen LogP contribution in [0.15, 0.2) is 95.5 Å². The van der Waals surface area contributed by atoms with Gasteiger partial charge in [-0.15, -0.1) is 26.3 Å². The molecule has 22 heteroatoms. The predicted molar refractivity (Wildman–Crippen MR) is 187 cm³/mol. The molecule has 0 aliphatic carbocycles. The molecule has 16 nitrogen and oxygen atoms in total. The summed E-state index contributed by atoms with van der Waals surface area (Å²) in [7, 11) is 0. The van der Waals surface area contributed by atoms with Crippen molar-refractivity contribution >= 4 is 23.6 Å². The average Bonchev–Trinajstić information content (AvgIpc) is 3.86. The summed E-state index contributed by atoms with van der Waals surface area (Å²) in [6.45, 7) is -0.104. The van der Waals surface area contributed by atoms with E-state index in [2.05, 4.69) is 40.4 Å². The second kappa shape index (κ2) is 19.5. The minimum absolute atomic E-state index is 0.123. The zero-order valence-electron chi connectivity index (χ0n) is 29.7. The first kappa shape index (κ1) is 42.5. The van der Waals surface area contributed by atoms with Gasteiger partial charge in [0.2, 0.25) is 11.8 Å². The molecule has 0 spiro atoms. The summed E-state index contributed by atoms with van der Waals surface area (Å²) in [4.78, 5) is 41.9. The van der Waals surface area contributed by atoms with Gasteiger partial charge in [-0.25, -0.2) is 9.97 Å². The summed E-state index contributed by atoms with van der Waals surface area (Å²) in [5.74, 6) is -0.331. The Hall–Kier alpha value is -6.68. The molecule has 2 aliphatic rings. The van der Waals surface area contributed by atoms with Gasteiger partial charge in [-0.3, -0.25) is 9.59 Å². The highest BCUT2D eigenvalue weighted by atomic mass is 19.4. The van der Waals surface area contributed by atoms with Gasteiger partial charge in [-0.05, 0) is 59.7 Å². The van der Waals surface area contributed by atoms with Gasteiger partial charge in [0.1, 0.15) is 34.4 Å². The largest absolute Gasteiger partial charge is 0.573 e. The Morgan fingerprint density at radius 1 is 0.603 bits per heavy atom. The molecular weight excluding hydrogens is 790 g/mol. The summed E-state index contributed by atoms with van der Waals surface area (Å²) in [6, 6.07) is 16.5. The van der Waals surface area contributed by atoms with E-state index < -0.39 is 36.7 Å². The first-order chi connectivity index (χ1) is 27.7. The molecule has 0 bridgehead atoms. The Balaban J connectivity index is 0.000000221. The Kier molecular flexibility index (Phi) is 14.2. The number of amides is 2. The van der Waals surface area contributed by atoms with Crippen molar-refractivity contribution in [2.75, 3.05) is 26.3 Å². The highest BCUT2D eigenvalue weighted by molar-refractivity contribution is 5.93. The molecule has 2 amide bonds. The third kappa shape index (κ3) is 13.2. The van der Waals surface area contributed by atoms with Crippen molar-refractivity contribution in [1.29, 1.82) is 0 Å². The van der Waals surface area contributed by atoms with Gasteiger partial charge in [0.25, 0.3) is 11.8 Å². The van der Waals surface area contributed by atoms with E-state index >= 15 is 0 Å². The van der Waals surface area contributed by atoms with Crippen LogP contribution in [-0.2, 0) is 9.68 Å². The summed E-state index contributed by atoms with van der Waals surface area (Å²) >= 11 is 0. The Labute approximate surface area is 324 Å². The molecule has 2 aliphatic heterocycles. The van der Waals surface area contributed by atoms with Crippen LogP contribution in [-0.4, -0.2) is 82.8 Å². The fourth-order valence-electron chi connectivity index (χ4n) is 4.90. The molecule has 2 aromatic carbocycles. The van der Waals surface area contributed by atoms with Crippen LogP contribution in [0.5, 0.6) is 23.0 Å². The van der Waals surface area contributed by atoms with Crippen LogP contribution in [0.2, 0.25) is 0 Å². The lowest BCUT2D eigenvalue weighted by Crippen LogP contribution is -2.27. The Morgan fingerprint density at radius 2 is 0.966 bits per heavy atom. The van der Waals surface area contributed by atoms with Gasteiger partial charge in [0.05, 0.1) is 38.4 Å². The molecular formula is C36H32F6N6O10. The summed E-state index contributed by atoms with van der Waals surface area (Å²) in [6.07, 6.45) is -7.32. The van der Waals surface area contributed by atoms with Crippen LogP contribution in [0.25, 0.3) is 0 Å². The maximum atomic E-state index is 12.2. The van der Waals surface area contributed by atoms with Crippen molar-refractivity contribution in [1.82, 2.24) is 20.6 Å². The van der Waals surface area contributed by atoms with E-state index in [4.69, 9.17) is 29.4 Å². The van der Waals surface area contributed by atoms with Gasteiger partial charge >= 0.3 is 12.7 Å². The lowest BCUT2D eigenvalue weighted by atomic mass is 10.1. The van der Waals surface area contributed by atoms with E-state index in [-0.39, 0.29) is 73.8 Å². The Morgan fingerprint density at radius 3 is 1.28 bits per heavy atom. The number of aliphatic hydroxyl groups is 2. The number of carbonyl (C=O) groups is 2. The third-order valence-corrected chi connectivity index (χ3v) is 7.46. The number of alkyl halides is 6. The number of rotatable bonds is 12. The lowest BCUT2D eigenvalue weighted by Gasteiger charge is -2.11. The first-order valence-electron chi connectivity index (χ1n) is 16.9. The van der Waals surface area contributed by atoms with Crippen molar-refractivity contribution in [3.63, 3.8) is 0 Å². The van der Waals surface area contributed by atoms with E-state index in [1.54, 1.807) is 0 Å². The van der Waals surface area contributed by atoms with E-state index in [0.717, 1.165) is 0 Å². The minimum Gasteiger partial charge on any atom is -0.438 e. The fraction of sp³-hybridized carbons (Fsp3) is 0.278. The molecule has 58 heavy (non-hydrogen) atoms. The van der Waals surface area contributed by atoms with Gasteiger partial charge in [0.15, 0.2) is 12.2 Å². The summed E-state index contributed by atoms with van der Waals surface area (Å²) < 4.78 is 92.0. The van der Waals surface area contributed by atoms with Crippen molar-refractivity contribution in [3.05, 3.63) is 108 Å². The number of pyridine rings is 2. The number of carbonyl (C=O) groups excluding carboxylic acids is 2. The van der Waals surface area contributed by atoms with E-state index in [0.29, 0.717) is 22.6 Å². The zero-order chi connectivity index (χ0) is 41.7. The van der Waals surface area contributed by atoms with Crippen molar-refractivity contribution in [2.24, 2.45) is 10.3 Å². The number of ether oxygens (including phenoxy) is 4. The number of aliphatic hydroxyl groups excluding tert-OH is 2. The molecule has 2 atom stereocenters. The normalized spacial score (nSPS) is 16.0. The maximum Gasteiger partial charge on any atom is 0.573 e. The van der Waals surface area contributed by atoms with Crippen molar-refractivity contribution in [3.8, 4) is 23.0 Å². The molecule has 0 unspecified atom stereocenters. The van der Waals surface area contributed by atoms with Crippen LogP contribution in [0, 0.1) is 0 Å². The third-order valence-electron chi connectivity index (χ3n) is 7.46. The van der Waals surface area contributed by atoms with E-state index in [1.165, 1.54) is 85.2 Å². The number of benzene rings is 2. The topological polar surface area (TPSA) is 205 Å². The number of hydrogen-bond acceptors (Lipinski definition) is 14. The number of nitrogens with one attached hydrogen (secondary N) is 2. The predicted octanol–water partition coefficient (Wildman–Crippen LogP) is 5.11. The molecule has 0 fully saturated rings. The first-order valence-corrected chi connectivity index (χ1v) is 16.9. The number of nitrogens with zero attached hydrogens (tertiary/aromatic N) is 4. The second-order valence-electron chi connectivity index (χ2n) is 11.7. The molecule has 2 aromatic heterocycles. The van der Waals surface area contributed by atoms with Crippen LogP contribution in [0.4, 0.5) is 26.3 Å². The van der Waals surface area contributed by atoms with Crippen molar-refractivity contribution in [2.45, 2.75) is 37.8 Å². The quantitative estimate of drug-likeness (QED) is 0.138. The van der Waals surface area contributed by atoms with Gasteiger partial charge < -0.3 is 49.5 Å². The monoisotopic (exact) mass is 822 g/mol. The molecule has 0 saturated heterocycles. The van der Waals surface area contributed by atoms with Crippen LogP contribution in [0.3, 0.4) is 0 Å². The molecule has 4 N–H and O–H groups in total. The number of hydrogen-bond donors (Lipinski definition) is 4. The van der Waals surface area contributed by atoms with E-state index in [9.17, 15) is 35.9 Å². The molecule has 0 saturated carbocycles. The molecule has 6 rings (SSSR count). The molecule has 0 radical (unpaired) electrons.